The SMILES string of the molecule is CN(Cc1ccco1)c1nc2ccc(C(=O)O)cc2o1. The zero-order valence-corrected chi connectivity index (χ0v) is 10.7. The molecule has 1 aromatic carbocycles. The maximum absolute atomic E-state index is 10.9. The highest BCUT2D eigenvalue weighted by molar-refractivity contribution is 5.92. The third-order valence-corrected chi connectivity index (χ3v) is 2.92. The number of aromatic nitrogens is 1. The Bertz CT molecular complexity index is 746. The summed E-state index contributed by atoms with van der Waals surface area (Å²) in [7, 11) is 1.82. The molecule has 0 fully saturated rings. The van der Waals surface area contributed by atoms with Crippen LogP contribution in [-0.2, 0) is 6.54 Å². The maximum Gasteiger partial charge on any atom is 0.335 e. The quantitative estimate of drug-likeness (QED) is 0.786. The maximum atomic E-state index is 10.9. The summed E-state index contributed by atoms with van der Waals surface area (Å²) in [6.45, 7) is 0.519. The second-order valence-corrected chi connectivity index (χ2v) is 4.42. The van der Waals surface area contributed by atoms with E-state index >= 15 is 0 Å². The van der Waals surface area contributed by atoms with Gasteiger partial charge in [-0.15, -0.1) is 0 Å². The average Bonchev–Trinajstić information content (AvgIpc) is 3.05. The fourth-order valence-electron chi connectivity index (χ4n) is 1.91. The molecule has 0 spiro atoms. The Morgan fingerprint density at radius 3 is 2.95 bits per heavy atom. The van der Waals surface area contributed by atoms with Crippen LogP contribution in [0.15, 0.2) is 45.4 Å². The first-order chi connectivity index (χ1) is 9.63. The van der Waals surface area contributed by atoms with Crippen molar-refractivity contribution in [2.75, 3.05) is 11.9 Å². The van der Waals surface area contributed by atoms with Crippen LogP contribution in [0.2, 0.25) is 0 Å². The summed E-state index contributed by atoms with van der Waals surface area (Å²) in [5, 5.41) is 8.95. The van der Waals surface area contributed by atoms with Gasteiger partial charge in [-0.05, 0) is 30.3 Å². The van der Waals surface area contributed by atoms with Crippen molar-refractivity contribution in [2.45, 2.75) is 6.54 Å². The molecule has 3 rings (SSSR count). The lowest BCUT2D eigenvalue weighted by Crippen LogP contribution is -2.15. The van der Waals surface area contributed by atoms with Crippen molar-refractivity contribution in [3.63, 3.8) is 0 Å². The molecular formula is C14H12N2O4. The highest BCUT2D eigenvalue weighted by Gasteiger charge is 2.13. The molecule has 0 saturated heterocycles. The topological polar surface area (TPSA) is 79.7 Å². The molecular weight excluding hydrogens is 260 g/mol. The molecule has 0 aliphatic carbocycles. The molecule has 0 amide bonds. The number of nitrogens with zero attached hydrogens (tertiary/aromatic N) is 2. The van der Waals surface area contributed by atoms with Gasteiger partial charge >= 0.3 is 5.97 Å². The molecule has 0 bridgehead atoms. The summed E-state index contributed by atoms with van der Waals surface area (Å²) >= 11 is 0. The van der Waals surface area contributed by atoms with Gasteiger partial charge in [0.15, 0.2) is 5.58 Å². The first-order valence-electron chi connectivity index (χ1n) is 6.01. The van der Waals surface area contributed by atoms with Crippen LogP contribution in [-0.4, -0.2) is 23.1 Å². The van der Waals surface area contributed by atoms with Gasteiger partial charge in [0, 0.05) is 7.05 Å². The first kappa shape index (κ1) is 12.3. The van der Waals surface area contributed by atoms with Gasteiger partial charge in [-0.1, -0.05) is 0 Å². The van der Waals surface area contributed by atoms with Gasteiger partial charge in [0.1, 0.15) is 11.3 Å². The number of fused-ring (bicyclic) bond motifs is 1. The minimum atomic E-state index is -0.992. The number of carboxylic acid groups (broad SMARTS) is 1. The molecule has 2 aromatic heterocycles. The van der Waals surface area contributed by atoms with Crippen molar-refractivity contribution < 1.29 is 18.7 Å². The van der Waals surface area contributed by atoms with E-state index in [1.165, 1.54) is 12.1 Å². The average molecular weight is 272 g/mol. The van der Waals surface area contributed by atoms with E-state index < -0.39 is 5.97 Å². The van der Waals surface area contributed by atoms with E-state index in [9.17, 15) is 4.79 Å². The number of furan rings is 1. The first-order valence-corrected chi connectivity index (χ1v) is 6.01. The number of carboxylic acids is 1. The summed E-state index contributed by atoms with van der Waals surface area (Å²) in [6.07, 6.45) is 1.61. The number of hydrogen-bond donors (Lipinski definition) is 1. The predicted octanol–water partition coefficient (Wildman–Crippen LogP) is 2.76. The van der Waals surface area contributed by atoms with Crippen molar-refractivity contribution in [2.24, 2.45) is 0 Å². The summed E-state index contributed by atoms with van der Waals surface area (Å²) in [5.41, 5.74) is 1.25. The Morgan fingerprint density at radius 1 is 1.40 bits per heavy atom. The van der Waals surface area contributed by atoms with Gasteiger partial charge in [0.25, 0.3) is 6.01 Å². The number of oxazole rings is 1. The molecule has 0 aliphatic heterocycles. The lowest BCUT2D eigenvalue weighted by molar-refractivity contribution is 0.0697. The standard InChI is InChI=1S/C14H12N2O4/c1-16(8-10-3-2-6-19-10)14-15-11-5-4-9(13(17)18)7-12(11)20-14/h2-7H,8H2,1H3,(H,17,18). The number of rotatable bonds is 4. The molecule has 6 heteroatoms. The van der Waals surface area contributed by atoms with Crippen LogP contribution < -0.4 is 4.90 Å². The summed E-state index contributed by atoms with van der Waals surface area (Å²) in [4.78, 5) is 17.0. The van der Waals surface area contributed by atoms with Gasteiger partial charge in [0.05, 0.1) is 18.4 Å². The second-order valence-electron chi connectivity index (χ2n) is 4.42. The van der Waals surface area contributed by atoms with Crippen molar-refractivity contribution >= 4 is 23.1 Å². The van der Waals surface area contributed by atoms with Crippen LogP contribution in [0.5, 0.6) is 0 Å². The second kappa shape index (κ2) is 4.73. The van der Waals surface area contributed by atoms with E-state index in [1.807, 2.05) is 19.2 Å². The molecule has 0 aliphatic rings. The summed E-state index contributed by atoms with van der Waals surface area (Å²) < 4.78 is 10.8. The van der Waals surface area contributed by atoms with E-state index in [1.54, 1.807) is 17.2 Å². The van der Waals surface area contributed by atoms with Crippen molar-refractivity contribution in [1.29, 1.82) is 0 Å². The van der Waals surface area contributed by atoms with Gasteiger partial charge in [-0.2, -0.15) is 4.98 Å². The van der Waals surface area contributed by atoms with Gasteiger partial charge < -0.3 is 18.8 Å². The lowest BCUT2D eigenvalue weighted by atomic mass is 10.2. The van der Waals surface area contributed by atoms with Crippen LogP contribution >= 0.6 is 0 Å². The Balaban J connectivity index is 1.90. The van der Waals surface area contributed by atoms with E-state index in [4.69, 9.17) is 13.9 Å². The van der Waals surface area contributed by atoms with Gasteiger partial charge in [-0.3, -0.25) is 0 Å². The van der Waals surface area contributed by atoms with Crippen LogP contribution in [0.4, 0.5) is 6.01 Å². The fraction of sp³-hybridized carbons (Fsp3) is 0.143. The molecule has 6 nitrogen and oxygen atoms in total. The molecule has 0 radical (unpaired) electrons. The number of benzene rings is 1. The van der Waals surface area contributed by atoms with Crippen molar-refractivity contribution in [3.05, 3.63) is 47.9 Å². The Hall–Kier alpha value is -2.76. The van der Waals surface area contributed by atoms with Crippen LogP contribution in [0.1, 0.15) is 16.1 Å². The Labute approximate surface area is 114 Å². The van der Waals surface area contributed by atoms with Crippen LogP contribution in [0.3, 0.4) is 0 Å². The van der Waals surface area contributed by atoms with Crippen LogP contribution in [0, 0.1) is 0 Å². The van der Waals surface area contributed by atoms with Gasteiger partial charge in [0.2, 0.25) is 0 Å². The smallest absolute Gasteiger partial charge is 0.335 e. The van der Waals surface area contributed by atoms with E-state index in [2.05, 4.69) is 4.98 Å². The monoisotopic (exact) mass is 272 g/mol. The number of aromatic carboxylic acids is 1. The van der Waals surface area contributed by atoms with E-state index in [-0.39, 0.29) is 5.56 Å². The molecule has 0 atom stereocenters. The third-order valence-electron chi connectivity index (χ3n) is 2.92. The molecule has 1 N–H and O–H groups in total. The highest BCUT2D eigenvalue weighted by Crippen LogP contribution is 2.23. The van der Waals surface area contributed by atoms with E-state index in [0.717, 1.165) is 5.76 Å². The molecule has 2 heterocycles. The number of anilines is 1. The van der Waals surface area contributed by atoms with Crippen molar-refractivity contribution in [3.8, 4) is 0 Å². The molecule has 0 saturated carbocycles. The Kier molecular flexibility index (Phi) is 2.90. The lowest BCUT2D eigenvalue weighted by Gasteiger charge is -2.11. The van der Waals surface area contributed by atoms with Crippen LogP contribution in [0.25, 0.3) is 11.1 Å². The number of carbonyl (C=O) groups is 1. The molecule has 20 heavy (non-hydrogen) atoms. The van der Waals surface area contributed by atoms with E-state index in [0.29, 0.717) is 23.7 Å². The zero-order chi connectivity index (χ0) is 14.1. The Morgan fingerprint density at radius 2 is 2.25 bits per heavy atom. The highest BCUT2D eigenvalue weighted by atomic mass is 16.4. The van der Waals surface area contributed by atoms with Gasteiger partial charge in [-0.25, -0.2) is 4.79 Å². The minimum Gasteiger partial charge on any atom is -0.478 e. The normalized spacial score (nSPS) is 10.8. The molecule has 3 aromatic rings. The predicted molar refractivity (Wildman–Crippen MR) is 71.8 cm³/mol. The zero-order valence-electron chi connectivity index (χ0n) is 10.7. The summed E-state index contributed by atoms with van der Waals surface area (Å²) in [5.74, 6) is -0.199. The summed E-state index contributed by atoms with van der Waals surface area (Å²) in [6, 6.07) is 8.69. The fourth-order valence-corrected chi connectivity index (χ4v) is 1.91. The third kappa shape index (κ3) is 2.23. The van der Waals surface area contributed by atoms with Crippen molar-refractivity contribution in [1.82, 2.24) is 4.98 Å². The largest absolute Gasteiger partial charge is 0.478 e. The number of hydrogen-bond acceptors (Lipinski definition) is 5. The minimum absolute atomic E-state index is 0.175. The molecule has 0 unspecified atom stereocenters. The molecule has 102 valence electrons.